The third kappa shape index (κ3) is 3.84. The molecule has 1 aliphatic heterocycles. The van der Waals surface area contributed by atoms with E-state index in [1.807, 2.05) is 43.3 Å². The lowest BCUT2D eigenvalue weighted by molar-refractivity contribution is 0.0916. The molecule has 1 fully saturated rings. The fourth-order valence-electron chi connectivity index (χ4n) is 4.53. The molecule has 33 heavy (non-hydrogen) atoms. The van der Waals surface area contributed by atoms with Crippen molar-refractivity contribution >= 4 is 16.9 Å². The summed E-state index contributed by atoms with van der Waals surface area (Å²) in [6.07, 6.45) is 5.90. The Morgan fingerprint density at radius 2 is 2.03 bits per heavy atom. The van der Waals surface area contributed by atoms with E-state index >= 15 is 0 Å². The first-order chi connectivity index (χ1) is 16.1. The van der Waals surface area contributed by atoms with Gasteiger partial charge in [-0.1, -0.05) is 6.07 Å². The van der Waals surface area contributed by atoms with Crippen LogP contribution in [0.15, 0.2) is 48.7 Å². The van der Waals surface area contributed by atoms with Gasteiger partial charge < -0.3 is 15.0 Å². The number of carbonyl (C=O) groups excluding carboxylic acids is 1. The van der Waals surface area contributed by atoms with Gasteiger partial charge in [0.25, 0.3) is 5.91 Å². The quantitative estimate of drug-likeness (QED) is 0.494. The second kappa shape index (κ2) is 7.99. The predicted molar refractivity (Wildman–Crippen MR) is 125 cm³/mol. The number of imidazole rings is 1. The summed E-state index contributed by atoms with van der Waals surface area (Å²) in [6, 6.07) is 14.1. The number of benzene rings is 2. The maximum atomic E-state index is 12.6. The molecule has 1 aliphatic carbocycles. The monoisotopic (exact) mass is 439 g/mol. The van der Waals surface area contributed by atoms with Crippen molar-refractivity contribution in [3.8, 4) is 17.0 Å². The first-order valence-corrected chi connectivity index (χ1v) is 11.5. The molecule has 0 bridgehead atoms. The summed E-state index contributed by atoms with van der Waals surface area (Å²) in [4.78, 5) is 29.6. The first kappa shape index (κ1) is 19.9. The van der Waals surface area contributed by atoms with Crippen LogP contribution in [0.5, 0.6) is 5.75 Å². The van der Waals surface area contributed by atoms with Crippen LogP contribution in [0, 0.1) is 6.92 Å². The zero-order valence-corrected chi connectivity index (χ0v) is 18.5. The van der Waals surface area contributed by atoms with Crippen LogP contribution in [0.1, 0.15) is 52.8 Å². The van der Waals surface area contributed by atoms with E-state index in [1.54, 1.807) is 6.20 Å². The number of fused-ring (bicyclic) bond motifs is 2. The Balaban J connectivity index is 1.24. The van der Waals surface area contributed by atoms with Crippen molar-refractivity contribution in [1.82, 2.24) is 25.3 Å². The van der Waals surface area contributed by atoms with Crippen LogP contribution in [0.25, 0.3) is 22.3 Å². The Bertz CT molecular complexity index is 1360. The van der Waals surface area contributed by atoms with E-state index in [1.165, 1.54) is 6.42 Å². The molecule has 3 heterocycles. The molecule has 7 nitrogen and oxygen atoms in total. The van der Waals surface area contributed by atoms with Crippen molar-refractivity contribution in [3.63, 3.8) is 0 Å². The third-order valence-electron chi connectivity index (χ3n) is 6.63. The summed E-state index contributed by atoms with van der Waals surface area (Å²) in [5, 5.41) is 3.11. The molecule has 6 rings (SSSR count). The highest BCUT2D eigenvalue weighted by molar-refractivity contribution is 5.94. The normalized spacial score (nSPS) is 17.8. The molecule has 2 aromatic carbocycles. The molecule has 2 aromatic heterocycles. The van der Waals surface area contributed by atoms with Crippen LogP contribution in [0.4, 0.5) is 0 Å². The molecule has 0 radical (unpaired) electrons. The maximum Gasteiger partial charge on any atom is 0.251 e. The van der Waals surface area contributed by atoms with Gasteiger partial charge in [0, 0.05) is 23.4 Å². The molecule has 1 unspecified atom stereocenters. The molecule has 1 atom stereocenters. The molecule has 2 aliphatic rings. The number of hydrogen-bond acceptors (Lipinski definition) is 5. The van der Waals surface area contributed by atoms with Crippen molar-refractivity contribution < 1.29 is 9.53 Å². The Kier molecular flexibility index (Phi) is 4.82. The molecular weight excluding hydrogens is 414 g/mol. The first-order valence-electron chi connectivity index (χ1n) is 11.5. The smallest absolute Gasteiger partial charge is 0.251 e. The lowest BCUT2D eigenvalue weighted by atomic mass is 9.92. The Morgan fingerprint density at radius 3 is 2.85 bits per heavy atom. The van der Waals surface area contributed by atoms with Crippen molar-refractivity contribution in [3.05, 3.63) is 71.4 Å². The van der Waals surface area contributed by atoms with E-state index in [9.17, 15) is 4.79 Å². The molecule has 0 saturated heterocycles. The molecular formula is C26H25N5O2. The Labute approximate surface area is 191 Å². The Morgan fingerprint density at radius 1 is 1.12 bits per heavy atom. The summed E-state index contributed by atoms with van der Waals surface area (Å²) < 4.78 is 6.03. The van der Waals surface area contributed by atoms with Gasteiger partial charge in [-0.05, 0) is 74.6 Å². The number of amides is 1. The second-order valence-corrected chi connectivity index (χ2v) is 8.98. The van der Waals surface area contributed by atoms with Crippen molar-refractivity contribution in [2.45, 2.75) is 44.6 Å². The van der Waals surface area contributed by atoms with Gasteiger partial charge in [-0.2, -0.15) is 0 Å². The van der Waals surface area contributed by atoms with E-state index in [0.29, 0.717) is 18.2 Å². The van der Waals surface area contributed by atoms with Crippen LogP contribution < -0.4 is 10.1 Å². The minimum Gasteiger partial charge on any atom is -0.493 e. The van der Waals surface area contributed by atoms with Gasteiger partial charge >= 0.3 is 0 Å². The summed E-state index contributed by atoms with van der Waals surface area (Å²) in [6.45, 7) is 2.44. The lowest BCUT2D eigenvalue weighted by Gasteiger charge is -2.27. The number of aryl methyl sites for hydroxylation is 1. The van der Waals surface area contributed by atoms with Crippen LogP contribution in [0.3, 0.4) is 0 Å². The molecule has 2 N–H and O–H groups in total. The highest BCUT2D eigenvalue weighted by Crippen LogP contribution is 2.33. The fraction of sp³-hybridized carbons (Fsp3) is 0.308. The Hall–Kier alpha value is -3.74. The van der Waals surface area contributed by atoms with E-state index in [4.69, 9.17) is 9.72 Å². The molecule has 7 heteroatoms. The van der Waals surface area contributed by atoms with Gasteiger partial charge in [-0.25, -0.2) is 15.0 Å². The van der Waals surface area contributed by atoms with Crippen LogP contribution >= 0.6 is 0 Å². The summed E-state index contributed by atoms with van der Waals surface area (Å²) in [5.41, 5.74) is 5.54. The number of rotatable bonds is 4. The highest BCUT2D eigenvalue weighted by Gasteiger charge is 2.26. The van der Waals surface area contributed by atoms with Gasteiger partial charge in [0.1, 0.15) is 17.4 Å². The molecule has 166 valence electrons. The van der Waals surface area contributed by atoms with Crippen LogP contribution in [-0.2, 0) is 6.42 Å². The molecule has 4 aromatic rings. The zero-order valence-electron chi connectivity index (χ0n) is 18.5. The average Bonchev–Trinajstić information content (AvgIpc) is 3.24. The number of ether oxygens (including phenoxy) is 1. The maximum absolute atomic E-state index is 12.6. The number of nitrogens with zero attached hydrogens (tertiary/aromatic N) is 3. The van der Waals surface area contributed by atoms with E-state index < -0.39 is 0 Å². The lowest BCUT2D eigenvalue weighted by Crippen LogP contribution is -2.39. The van der Waals surface area contributed by atoms with Gasteiger partial charge in [-0.3, -0.25) is 4.79 Å². The largest absolute Gasteiger partial charge is 0.493 e. The number of carbonyl (C=O) groups is 1. The number of H-pyrrole nitrogens is 1. The van der Waals surface area contributed by atoms with Gasteiger partial charge in [0.15, 0.2) is 0 Å². The van der Waals surface area contributed by atoms with E-state index in [-0.39, 0.29) is 11.8 Å². The topological polar surface area (TPSA) is 92.8 Å². The third-order valence-corrected chi connectivity index (χ3v) is 6.63. The van der Waals surface area contributed by atoms with Crippen LogP contribution in [0.2, 0.25) is 0 Å². The molecule has 1 amide bonds. The highest BCUT2D eigenvalue weighted by atomic mass is 16.5. The van der Waals surface area contributed by atoms with E-state index in [2.05, 4.69) is 26.3 Å². The average molecular weight is 440 g/mol. The summed E-state index contributed by atoms with van der Waals surface area (Å²) in [5.74, 6) is 2.59. The van der Waals surface area contributed by atoms with Gasteiger partial charge in [0.05, 0.1) is 29.3 Å². The van der Waals surface area contributed by atoms with Crippen molar-refractivity contribution in [2.24, 2.45) is 0 Å². The fourth-order valence-corrected chi connectivity index (χ4v) is 4.53. The number of hydrogen-bond donors (Lipinski definition) is 2. The van der Waals surface area contributed by atoms with Gasteiger partial charge in [-0.15, -0.1) is 0 Å². The number of aromatic nitrogens is 4. The number of nitrogens with one attached hydrogen (secondary N) is 2. The summed E-state index contributed by atoms with van der Waals surface area (Å²) >= 11 is 0. The van der Waals surface area contributed by atoms with E-state index in [0.717, 1.165) is 64.5 Å². The standard InChI is InChI=1S/C26H25N5O2/c1-15-27-10-9-21(28-15)16-5-7-22-23(13-16)31-25(30-22)19-12-18-11-17(6-8-24(18)33-14-19)26(32)29-20-3-2-4-20/h5-11,13,19-20H,2-4,12,14H2,1H3,(H,29,32)(H,30,31). The summed E-state index contributed by atoms with van der Waals surface area (Å²) in [7, 11) is 0. The van der Waals surface area contributed by atoms with Gasteiger partial charge in [0.2, 0.25) is 0 Å². The SMILES string of the molecule is Cc1nccc(-c2ccc3nc(C4COc5ccc(C(=O)NC6CCC6)cc5C4)[nH]c3c2)n1. The zero-order chi connectivity index (χ0) is 22.4. The predicted octanol–water partition coefficient (Wildman–Crippen LogP) is 4.33. The minimum atomic E-state index is 0.000785. The van der Waals surface area contributed by atoms with Crippen molar-refractivity contribution in [2.75, 3.05) is 6.61 Å². The molecule has 1 saturated carbocycles. The van der Waals surface area contributed by atoms with Crippen molar-refractivity contribution in [1.29, 1.82) is 0 Å². The minimum absolute atomic E-state index is 0.000785. The number of aromatic amines is 1. The second-order valence-electron chi connectivity index (χ2n) is 8.98. The van der Waals surface area contributed by atoms with Crippen LogP contribution in [-0.4, -0.2) is 38.5 Å². The molecule has 0 spiro atoms.